The number of rotatable bonds is 5. The molecule has 0 amide bonds. The average molecular weight is 214 g/mol. The van der Waals surface area contributed by atoms with E-state index in [9.17, 15) is 5.11 Å². The van der Waals surface area contributed by atoms with Crippen LogP contribution in [0.4, 0.5) is 0 Å². The highest BCUT2D eigenvalue weighted by Crippen LogP contribution is 2.14. The molecule has 14 heavy (non-hydrogen) atoms. The van der Waals surface area contributed by atoms with E-state index in [0.717, 1.165) is 29.6 Å². The second-order valence-electron chi connectivity index (χ2n) is 2.91. The zero-order chi connectivity index (χ0) is 10.4. The van der Waals surface area contributed by atoms with Gasteiger partial charge in [-0.1, -0.05) is 24.3 Å². The lowest BCUT2D eigenvalue weighted by atomic mass is 10.1. The van der Waals surface area contributed by atoms with Gasteiger partial charge in [0.05, 0.1) is 0 Å². The lowest BCUT2D eigenvalue weighted by Crippen LogP contribution is -1.99. The molecule has 1 aromatic rings. The lowest BCUT2D eigenvalue weighted by Gasteiger charge is -2.08. The summed E-state index contributed by atoms with van der Waals surface area (Å²) in [5.41, 5.74) is 1.88. The molecular formula is C10H14O3S. The van der Waals surface area contributed by atoms with Crippen molar-refractivity contribution >= 4 is 12.0 Å². The van der Waals surface area contributed by atoms with Crippen LogP contribution < -0.4 is 0 Å². The number of ether oxygens (including phenoxy) is 1. The molecule has 1 aromatic carbocycles. The average Bonchev–Trinajstić information content (AvgIpc) is 2.26. The van der Waals surface area contributed by atoms with Gasteiger partial charge in [0.15, 0.2) is 6.29 Å². The zero-order valence-electron chi connectivity index (χ0n) is 8.01. The summed E-state index contributed by atoms with van der Waals surface area (Å²) in [6, 6.07) is 7.50. The summed E-state index contributed by atoms with van der Waals surface area (Å²) in [4.78, 5) is 0. The highest BCUT2D eigenvalue weighted by molar-refractivity contribution is 7.93. The number of aliphatic hydroxyl groups is 1. The molecule has 0 aliphatic heterocycles. The first-order chi connectivity index (χ1) is 6.77. The number of aliphatic hydroxyl groups excluding tert-OH is 1. The SMILES string of the molecule is COC(O)c1ccc(CCSO)cc1. The third-order valence-corrected chi connectivity index (χ3v) is 2.36. The highest BCUT2D eigenvalue weighted by atomic mass is 32.2. The Morgan fingerprint density at radius 2 is 2.00 bits per heavy atom. The van der Waals surface area contributed by atoms with Crippen LogP contribution in [0.1, 0.15) is 17.4 Å². The molecule has 4 heteroatoms. The fourth-order valence-corrected chi connectivity index (χ4v) is 1.48. The fourth-order valence-electron chi connectivity index (χ4n) is 1.15. The first-order valence-electron chi connectivity index (χ1n) is 4.34. The van der Waals surface area contributed by atoms with Gasteiger partial charge in [-0.2, -0.15) is 0 Å². The largest absolute Gasteiger partial charge is 0.364 e. The summed E-state index contributed by atoms with van der Waals surface area (Å²) in [6.07, 6.45) is -0.0267. The van der Waals surface area contributed by atoms with Crippen molar-refractivity contribution in [1.29, 1.82) is 0 Å². The van der Waals surface area contributed by atoms with Crippen molar-refractivity contribution in [2.24, 2.45) is 0 Å². The van der Waals surface area contributed by atoms with Gasteiger partial charge in [0.1, 0.15) is 0 Å². The van der Waals surface area contributed by atoms with E-state index in [-0.39, 0.29) is 0 Å². The minimum atomic E-state index is -0.851. The Labute approximate surface area is 87.9 Å². The Bertz CT molecular complexity index is 261. The molecule has 0 saturated carbocycles. The van der Waals surface area contributed by atoms with Gasteiger partial charge in [0, 0.05) is 18.4 Å². The van der Waals surface area contributed by atoms with E-state index in [1.54, 1.807) is 0 Å². The monoisotopic (exact) mass is 214 g/mol. The molecular weight excluding hydrogens is 200 g/mol. The maximum atomic E-state index is 9.33. The molecule has 0 fully saturated rings. The Hall–Kier alpha value is -0.550. The van der Waals surface area contributed by atoms with Crippen LogP contribution in [-0.4, -0.2) is 22.5 Å². The van der Waals surface area contributed by atoms with Crippen molar-refractivity contribution in [3.63, 3.8) is 0 Å². The van der Waals surface area contributed by atoms with Gasteiger partial charge < -0.3 is 14.4 Å². The summed E-state index contributed by atoms with van der Waals surface area (Å²) >= 11 is 0.837. The first-order valence-corrected chi connectivity index (χ1v) is 5.28. The van der Waals surface area contributed by atoms with Gasteiger partial charge in [-0.3, -0.25) is 0 Å². The summed E-state index contributed by atoms with van der Waals surface area (Å²) in [5, 5.41) is 9.33. The molecule has 1 unspecified atom stereocenters. The van der Waals surface area contributed by atoms with Crippen LogP contribution in [0.15, 0.2) is 24.3 Å². The number of hydrogen-bond acceptors (Lipinski definition) is 4. The summed E-state index contributed by atoms with van der Waals surface area (Å²) in [7, 11) is 1.46. The standard InChI is InChI=1S/C10H14O3S/c1-13-10(11)9-4-2-8(3-5-9)6-7-14-12/h2-5,10-12H,6-7H2,1H3. The van der Waals surface area contributed by atoms with Crippen LogP contribution in [0.2, 0.25) is 0 Å². The fraction of sp³-hybridized carbons (Fsp3) is 0.400. The van der Waals surface area contributed by atoms with Gasteiger partial charge in [-0.05, 0) is 24.0 Å². The third kappa shape index (κ3) is 3.31. The van der Waals surface area contributed by atoms with Crippen LogP contribution in [-0.2, 0) is 11.2 Å². The number of methoxy groups -OCH3 is 1. The van der Waals surface area contributed by atoms with E-state index >= 15 is 0 Å². The Balaban J connectivity index is 2.59. The molecule has 0 radical (unpaired) electrons. The number of benzene rings is 1. The maximum Gasteiger partial charge on any atom is 0.180 e. The van der Waals surface area contributed by atoms with E-state index in [2.05, 4.69) is 0 Å². The Kier molecular flexibility index (Phi) is 4.97. The second kappa shape index (κ2) is 6.03. The van der Waals surface area contributed by atoms with E-state index in [0.29, 0.717) is 5.75 Å². The van der Waals surface area contributed by atoms with E-state index in [4.69, 9.17) is 9.29 Å². The lowest BCUT2D eigenvalue weighted by molar-refractivity contribution is -0.0769. The van der Waals surface area contributed by atoms with Crippen molar-refractivity contribution in [2.75, 3.05) is 12.9 Å². The van der Waals surface area contributed by atoms with Crippen molar-refractivity contribution in [2.45, 2.75) is 12.7 Å². The number of aryl methyl sites for hydroxylation is 1. The van der Waals surface area contributed by atoms with Gasteiger partial charge in [0.2, 0.25) is 0 Å². The molecule has 2 N–H and O–H groups in total. The Morgan fingerprint density at radius 3 is 2.50 bits per heavy atom. The van der Waals surface area contributed by atoms with E-state index < -0.39 is 6.29 Å². The van der Waals surface area contributed by atoms with Crippen molar-refractivity contribution in [3.05, 3.63) is 35.4 Å². The van der Waals surface area contributed by atoms with Crippen LogP contribution in [0.25, 0.3) is 0 Å². The van der Waals surface area contributed by atoms with Crippen molar-refractivity contribution < 1.29 is 14.4 Å². The van der Waals surface area contributed by atoms with Gasteiger partial charge in [0.25, 0.3) is 0 Å². The van der Waals surface area contributed by atoms with E-state index in [1.165, 1.54) is 7.11 Å². The Morgan fingerprint density at radius 1 is 1.36 bits per heavy atom. The zero-order valence-corrected chi connectivity index (χ0v) is 8.83. The van der Waals surface area contributed by atoms with Gasteiger partial charge >= 0.3 is 0 Å². The molecule has 1 atom stereocenters. The molecule has 1 rings (SSSR count). The predicted molar refractivity (Wildman–Crippen MR) is 57.2 cm³/mol. The molecule has 0 aromatic heterocycles. The second-order valence-corrected chi connectivity index (χ2v) is 3.58. The van der Waals surface area contributed by atoms with Crippen LogP contribution >= 0.6 is 12.0 Å². The third-order valence-electron chi connectivity index (χ3n) is 1.97. The maximum absolute atomic E-state index is 9.33. The molecule has 78 valence electrons. The molecule has 0 aliphatic carbocycles. The minimum Gasteiger partial charge on any atom is -0.364 e. The number of hydrogen-bond donors (Lipinski definition) is 2. The summed E-state index contributed by atoms with van der Waals surface area (Å²) < 4.78 is 13.3. The van der Waals surface area contributed by atoms with Crippen LogP contribution in [0.3, 0.4) is 0 Å². The smallest absolute Gasteiger partial charge is 0.180 e. The highest BCUT2D eigenvalue weighted by Gasteiger charge is 2.04. The van der Waals surface area contributed by atoms with Gasteiger partial charge in [-0.15, -0.1) is 0 Å². The predicted octanol–water partition coefficient (Wildman–Crippen LogP) is 2.07. The molecule has 0 aliphatic rings. The van der Waals surface area contributed by atoms with Crippen LogP contribution in [0, 0.1) is 0 Å². The quantitative estimate of drug-likeness (QED) is 0.582. The molecule has 0 bridgehead atoms. The summed E-state index contributed by atoms with van der Waals surface area (Å²) in [6.45, 7) is 0. The normalized spacial score (nSPS) is 12.8. The van der Waals surface area contributed by atoms with Gasteiger partial charge in [-0.25, -0.2) is 0 Å². The molecule has 3 nitrogen and oxygen atoms in total. The first kappa shape index (κ1) is 11.5. The molecule has 0 saturated heterocycles. The van der Waals surface area contributed by atoms with E-state index in [1.807, 2.05) is 24.3 Å². The van der Waals surface area contributed by atoms with Crippen molar-refractivity contribution in [3.8, 4) is 0 Å². The molecule has 0 heterocycles. The topological polar surface area (TPSA) is 49.7 Å². The minimum absolute atomic E-state index is 0.687. The molecule has 0 spiro atoms. The van der Waals surface area contributed by atoms with Crippen LogP contribution in [0.5, 0.6) is 0 Å². The summed E-state index contributed by atoms with van der Waals surface area (Å²) in [5.74, 6) is 0.687. The van der Waals surface area contributed by atoms with Crippen molar-refractivity contribution in [1.82, 2.24) is 0 Å².